The summed E-state index contributed by atoms with van der Waals surface area (Å²) < 4.78 is 10.8. The van der Waals surface area contributed by atoms with Crippen LogP contribution >= 0.6 is 0 Å². The molecule has 0 aliphatic carbocycles. The number of hydrogen-bond donors (Lipinski definition) is 2. The largest absolute Gasteiger partial charge is 0.489 e. The summed E-state index contributed by atoms with van der Waals surface area (Å²) in [4.78, 5) is 24.2. The van der Waals surface area contributed by atoms with Crippen LogP contribution in [0.5, 0.6) is 5.75 Å². The number of anilines is 2. The monoisotopic (exact) mass is 370 g/mol. The average molecular weight is 370 g/mol. The van der Waals surface area contributed by atoms with Gasteiger partial charge in [0.25, 0.3) is 0 Å². The standard InChI is InChI=1S/C21H26N2O4/c1-4-26-21(25)16-9-5-6-10-17(16)23-20(24)13-14-22-18-11-7-8-12-19(18)27-15(2)3/h5-12,15,22H,4,13-14H2,1-3H3,(H,23,24). The molecular formula is C21H26N2O4. The van der Waals surface area contributed by atoms with Crippen LogP contribution in [0, 0.1) is 0 Å². The van der Waals surface area contributed by atoms with Gasteiger partial charge >= 0.3 is 5.97 Å². The molecule has 0 aliphatic heterocycles. The number of rotatable bonds is 9. The van der Waals surface area contributed by atoms with Crippen molar-refractivity contribution < 1.29 is 19.1 Å². The summed E-state index contributed by atoms with van der Waals surface area (Å²) >= 11 is 0. The zero-order chi connectivity index (χ0) is 19.6. The van der Waals surface area contributed by atoms with Crippen molar-refractivity contribution >= 4 is 23.3 Å². The van der Waals surface area contributed by atoms with E-state index >= 15 is 0 Å². The Balaban J connectivity index is 1.92. The van der Waals surface area contributed by atoms with Gasteiger partial charge in [0.2, 0.25) is 5.91 Å². The highest BCUT2D eigenvalue weighted by Gasteiger charge is 2.14. The van der Waals surface area contributed by atoms with Gasteiger partial charge in [-0.25, -0.2) is 4.79 Å². The van der Waals surface area contributed by atoms with Crippen LogP contribution in [0.3, 0.4) is 0 Å². The SMILES string of the molecule is CCOC(=O)c1ccccc1NC(=O)CCNc1ccccc1OC(C)C. The van der Waals surface area contributed by atoms with Gasteiger partial charge in [-0.1, -0.05) is 24.3 Å². The molecule has 0 saturated carbocycles. The molecule has 6 nitrogen and oxygen atoms in total. The summed E-state index contributed by atoms with van der Waals surface area (Å²) in [5.74, 6) is 0.105. The van der Waals surface area contributed by atoms with Gasteiger partial charge in [-0.05, 0) is 45.0 Å². The van der Waals surface area contributed by atoms with Gasteiger partial charge < -0.3 is 20.1 Å². The molecule has 2 rings (SSSR count). The van der Waals surface area contributed by atoms with Crippen molar-refractivity contribution in [3.05, 3.63) is 54.1 Å². The molecule has 27 heavy (non-hydrogen) atoms. The van der Waals surface area contributed by atoms with Crippen LogP contribution < -0.4 is 15.4 Å². The third-order valence-corrected chi connectivity index (χ3v) is 3.61. The molecule has 0 bridgehead atoms. The number of nitrogens with one attached hydrogen (secondary N) is 2. The molecule has 0 spiro atoms. The van der Waals surface area contributed by atoms with Crippen LogP contribution in [0.25, 0.3) is 0 Å². The van der Waals surface area contributed by atoms with E-state index in [1.54, 1.807) is 31.2 Å². The maximum atomic E-state index is 12.3. The Morgan fingerprint density at radius 2 is 1.67 bits per heavy atom. The normalized spacial score (nSPS) is 10.4. The first-order chi connectivity index (χ1) is 13.0. The lowest BCUT2D eigenvalue weighted by Gasteiger charge is -2.15. The van der Waals surface area contributed by atoms with Gasteiger partial charge in [0.1, 0.15) is 5.75 Å². The van der Waals surface area contributed by atoms with Crippen LogP contribution in [-0.2, 0) is 9.53 Å². The van der Waals surface area contributed by atoms with Crippen molar-refractivity contribution in [3.8, 4) is 5.75 Å². The lowest BCUT2D eigenvalue weighted by molar-refractivity contribution is -0.115. The number of carbonyl (C=O) groups excluding carboxylic acids is 2. The summed E-state index contributed by atoms with van der Waals surface area (Å²) in [5.41, 5.74) is 1.63. The highest BCUT2D eigenvalue weighted by molar-refractivity contribution is 6.01. The molecule has 0 aromatic heterocycles. The molecule has 0 atom stereocenters. The molecule has 0 fully saturated rings. The highest BCUT2D eigenvalue weighted by atomic mass is 16.5. The first kappa shape index (κ1) is 20.3. The molecular weight excluding hydrogens is 344 g/mol. The minimum atomic E-state index is -0.453. The first-order valence-corrected chi connectivity index (χ1v) is 9.06. The number of amides is 1. The minimum Gasteiger partial charge on any atom is -0.489 e. The van der Waals surface area contributed by atoms with Crippen molar-refractivity contribution in [3.63, 3.8) is 0 Å². The Morgan fingerprint density at radius 3 is 2.37 bits per heavy atom. The van der Waals surface area contributed by atoms with E-state index < -0.39 is 5.97 Å². The Labute approximate surface area is 159 Å². The number of hydrogen-bond acceptors (Lipinski definition) is 5. The molecule has 1 amide bonds. The van der Waals surface area contributed by atoms with E-state index in [1.165, 1.54) is 0 Å². The third-order valence-electron chi connectivity index (χ3n) is 3.61. The molecule has 0 heterocycles. The lowest BCUT2D eigenvalue weighted by atomic mass is 10.1. The van der Waals surface area contributed by atoms with E-state index in [4.69, 9.17) is 9.47 Å². The highest BCUT2D eigenvalue weighted by Crippen LogP contribution is 2.24. The summed E-state index contributed by atoms with van der Waals surface area (Å²) in [7, 11) is 0. The molecule has 0 unspecified atom stereocenters. The maximum absolute atomic E-state index is 12.3. The number of para-hydroxylation sites is 3. The van der Waals surface area contributed by atoms with Gasteiger partial charge in [0, 0.05) is 13.0 Å². The number of esters is 1. The van der Waals surface area contributed by atoms with Crippen LogP contribution in [0.15, 0.2) is 48.5 Å². The average Bonchev–Trinajstić information content (AvgIpc) is 2.63. The minimum absolute atomic E-state index is 0.0654. The van der Waals surface area contributed by atoms with Crippen LogP contribution in [0.2, 0.25) is 0 Å². The first-order valence-electron chi connectivity index (χ1n) is 9.06. The Kier molecular flexibility index (Phi) is 7.67. The lowest BCUT2D eigenvalue weighted by Crippen LogP contribution is -2.19. The van der Waals surface area contributed by atoms with Crippen LogP contribution in [0.1, 0.15) is 37.6 Å². The number of benzene rings is 2. The van der Waals surface area contributed by atoms with Crippen molar-refractivity contribution in [2.24, 2.45) is 0 Å². The van der Waals surface area contributed by atoms with E-state index in [9.17, 15) is 9.59 Å². The van der Waals surface area contributed by atoms with Crippen molar-refractivity contribution in [2.75, 3.05) is 23.8 Å². The third kappa shape index (κ3) is 6.33. The molecule has 2 aromatic carbocycles. The smallest absolute Gasteiger partial charge is 0.340 e. The summed E-state index contributed by atoms with van der Waals surface area (Å²) in [6.07, 6.45) is 0.309. The van der Waals surface area contributed by atoms with Crippen molar-refractivity contribution in [1.29, 1.82) is 0 Å². The second-order valence-electron chi connectivity index (χ2n) is 6.15. The predicted octanol–water partition coefficient (Wildman–Crippen LogP) is 4.09. The van der Waals surface area contributed by atoms with E-state index in [1.807, 2.05) is 38.1 Å². The van der Waals surface area contributed by atoms with Gasteiger partial charge in [0.15, 0.2) is 0 Å². The number of carbonyl (C=O) groups is 2. The zero-order valence-corrected chi connectivity index (χ0v) is 16.0. The molecule has 0 aliphatic rings. The van der Waals surface area contributed by atoms with Crippen molar-refractivity contribution in [1.82, 2.24) is 0 Å². The fraction of sp³-hybridized carbons (Fsp3) is 0.333. The topological polar surface area (TPSA) is 76.7 Å². The second kappa shape index (κ2) is 10.2. The fourth-order valence-electron chi connectivity index (χ4n) is 2.47. The fourth-order valence-corrected chi connectivity index (χ4v) is 2.47. The second-order valence-corrected chi connectivity index (χ2v) is 6.15. The number of ether oxygens (including phenoxy) is 2. The Morgan fingerprint density at radius 1 is 1.00 bits per heavy atom. The molecule has 0 radical (unpaired) electrons. The van der Waals surface area contributed by atoms with E-state index in [0.29, 0.717) is 17.8 Å². The quantitative estimate of drug-likeness (QED) is 0.650. The van der Waals surface area contributed by atoms with Crippen LogP contribution in [0.4, 0.5) is 11.4 Å². The van der Waals surface area contributed by atoms with Crippen molar-refractivity contribution in [2.45, 2.75) is 33.3 Å². The molecule has 0 saturated heterocycles. The van der Waals surface area contributed by atoms with Crippen LogP contribution in [-0.4, -0.2) is 31.1 Å². The summed E-state index contributed by atoms with van der Waals surface area (Å²) in [6, 6.07) is 14.4. The van der Waals surface area contributed by atoms with Gasteiger partial charge in [-0.15, -0.1) is 0 Å². The van der Waals surface area contributed by atoms with E-state index in [2.05, 4.69) is 10.6 Å². The Bertz CT molecular complexity index is 774. The van der Waals surface area contributed by atoms with Gasteiger partial charge in [-0.3, -0.25) is 4.79 Å². The van der Waals surface area contributed by atoms with Gasteiger partial charge in [-0.2, -0.15) is 0 Å². The molecule has 144 valence electrons. The molecule has 6 heteroatoms. The summed E-state index contributed by atoms with van der Waals surface area (Å²) in [6.45, 7) is 6.39. The zero-order valence-electron chi connectivity index (χ0n) is 16.0. The maximum Gasteiger partial charge on any atom is 0.340 e. The van der Waals surface area contributed by atoms with Gasteiger partial charge in [0.05, 0.1) is 29.6 Å². The molecule has 2 N–H and O–H groups in total. The predicted molar refractivity (Wildman–Crippen MR) is 106 cm³/mol. The van der Waals surface area contributed by atoms with E-state index in [0.717, 1.165) is 11.4 Å². The Hall–Kier alpha value is -3.02. The molecule has 2 aromatic rings. The van der Waals surface area contributed by atoms with E-state index in [-0.39, 0.29) is 25.0 Å². The summed E-state index contributed by atoms with van der Waals surface area (Å²) in [5, 5.41) is 5.99.